The van der Waals surface area contributed by atoms with Gasteiger partial charge in [0, 0.05) is 38.4 Å². The van der Waals surface area contributed by atoms with E-state index in [-0.39, 0.29) is 23.4 Å². The first-order valence-corrected chi connectivity index (χ1v) is 11.3. The lowest BCUT2D eigenvalue weighted by Gasteiger charge is -2.37. The third kappa shape index (κ3) is 5.29. The highest BCUT2D eigenvalue weighted by molar-refractivity contribution is 7.89. The zero-order chi connectivity index (χ0) is 19.6. The highest BCUT2D eigenvalue weighted by Crippen LogP contribution is 2.29. The molecule has 2 aliphatic heterocycles. The van der Waals surface area contributed by atoms with Crippen molar-refractivity contribution < 1.29 is 13.2 Å². The second kappa shape index (κ2) is 9.45. The van der Waals surface area contributed by atoms with Crippen LogP contribution in [-0.2, 0) is 21.2 Å². The summed E-state index contributed by atoms with van der Waals surface area (Å²) in [6.07, 6.45) is 2.23. The van der Waals surface area contributed by atoms with Crippen LogP contribution >= 0.6 is 12.4 Å². The van der Waals surface area contributed by atoms with E-state index in [9.17, 15) is 8.42 Å². The summed E-state index contributed by atoms with van der Waals surface area (Å²) in [6, 6.07) is 15.4. The summed E-state index contributed by atoms with van der Waals surface area (Å²) >= 11 is 0. The molecule has 2 aromatic rings. The maximum Gasteiger partial charge on any atom is 0.238 e. The lowest BCUT2D eigenvalue weighted by molar-refractivity contribution is 0.0289. The molecule has 1 atom stereocenters. The summed E-state index contributed by atoms with van der Waals surface area (Å²) in [5, 5.41) is 5.17. The Hall–Kier alpha value is -1.64. The second-order valence-electron chi connectivity index (χ2n) is 7.46. The summed E-state index contributed by atoms with van der Waals surface area (Å²) in [5.74, 6) is 0. The first-order valence-electron chi connectivity index (χ1n) is 9.80. The molecule has 0 aliphatic carbocycles. The molecule has 158 valence electrons. The van der Waals surface area contributed by atoms with Crippen molar-refractivity contribution in [2.75, 3.05) is 44.2 Å². The van der Waals surface area contributed by atoms with Crippen LogP contribution in [0.15, 0.2) is 53.4 Å². The Morgan fingerprint density at radius 3 is 2.38 bits per heavy atom. The SMILES string of the molecule is Cl.NS(=O)(=O)c1ccc(N2CCN(CCC3OCCc4ccccc43)CC2)cc1. The second-order valence-corrected chi connectivity index (χ2v) is 9.03. The van der Waals surface area contributed by atoms with Crippen LogP contribution in [0.4, 0.5) is 5.69 Å². The minimum atomic E-state index is -3.64. The molecule has 0 amide bonds. The van der Waals surface area contributed by atoms with Gasteiger partial charge in [-0.3, -0.25) is 4.90 Å². The number of rotatable bonds is 5. The lowest BCUT2D eigenvalue weighted by atomic mass is 9.95. The molecule has 2 aromatic carbocycles. The fourth-order valence-corrected chi connectivity index (χ4v) is 4.61. The molecule has 2 aliphatic rings. The number of benzene rings is 2. The van der Waals surface area contributed by atoms with Gasteiger partial charge in [0.05, 0.1) is 17.6 Å². The molecular weight excluding hydrogens is 410 g/mol. The maximum atomic E-state index is 11.4. The van der Waals surface area contributed by atoms with Crippen molar-refractivity contribution in [3.8, 4) is 0 Å². The van der Waals surface area contributed by atoms with Crippen LogP contribution in [0, 0.1) is 0 Å². The summed E-state index contributed by atoms with van der Waals surface area (Å²) in [5.41, 5.74) is 3.81. The highest BCUT2D eigenvalue weighted by Gasteiger charge is 2.23. The van der Waals surface area contributed by atoms with Crippen molar-refractivity contribution >= 4 is 28.1 Å². The number of hydrogen-bond acceptors (Lipinski definition) is 5. The van der Waals surface area contributed by atoms with Gasteiger partial charge < -0.3 is 9.64 Å². The van der Waals surface area contributed by atoms with Crippen LogP contribution in [0.25, 0.3) is 0 Å². The maximum absolute atomic E-state index is 11.4. The van der Waals surface area contributed by atoms with Crippen molar-refractivity contribution in [1.82, 2.24) is 4.90 Å². The quantitative estimate of drug-likeness (QED) is 0.778. The van der Waals surface area contributed by atoms with Gasteiger partial charge in [0.1, 0.15) is 0 Å². The van der Waals surface area contributed by atoms with Crippen LogP contribution in [0.2, 0.25) is 0 Å². The first-order chi connectivity index (χ1) is 13.5. The van der Waals surface area contributed by atoms with Gasteiger partial charge in [0.25, 0.3) is 0 Å². The van der Waals surface area contributed by atoms with E-state index in [1.54, 1.807) is 12.1 Å². The molecule has 4 rings (SSSR count). The van der Waals surface area contributed by atoms with E-state index in [1.165, 1.54) is 11.1 Å². The van der Waals surface area contributed by atoms with E-state index < -0.39 is 10.0 Å². The van der Waals surface area contributed by atoms with Crippen LogP contribution < -0.4 is 10.0 Å². The standard InChI is InChI=1S/C21H27N3O3S.ClH/c22-28(25,26)19-7-5-18(6-8-19)24-14-12-23(13-15-24)11-9-21-20-4-2-1-3-17(20)10-16-27-21;/h1-8,21H,9-16H2,(H2,22,25,26);1H. The lowest BCUT2D eigenvalue weighted by Crippen LogP contribution is -2.47. The number of fused-ring (bicyclic) bond motifs is 1. The van der Waals surface area contributed by atoms with Crippen molar-refractivity contribution in [2.45, 2.75) is 23.8 Å². The highest BCUT2D eigenvalue weighted by atomic mass is 35.5. The Morgan fingerprint density at radius 1 is 1.00 bits per heavy atom. The van der Waals surface area contributed by atoms with Gasteiger partial charge in [-0.15, -0.1) is 12.4 Å². The fourth-order valence-electron chi connectivity index (χ4n) is 4.09. The number of nitrogens with two attached hydrogens (primary N) is 1. The molecule has 2 heterocycles. The number of halogens is 1. The van der Waals surface area contributed by atoms with Crippen molar-refractivity contribution in [3.63, 3.8) is 0 Å². The Balaban J connectivity index is 0.00000240. The van der Waals surface area contributed by atoms with E-state index >= 15 is 0 Å². The molecule has 1 saturated heterocycles. The average molecular weight is 438 g/mol. The molecule has 1 fully saturated rings. The number of ether oxygens (including phenoxy) is 1. The molecule has 0 saturated carbocycles. The Morgan fingerprint density at radius 2 is 1.69 bits per heavy atom. The minimum absolute atomic E-state index is 0. The Kier molecular flexibility index (Phi) is 7.19. The molecule has 29 heavy (non-hydrogen) atoms. The van der Waals surface area contributed by atoms with Gasteiger partial charge in [0.2, 0.25) is 10.0 Å². The molecule has 0 radical (unpaired) electrons. The zero-order valence-electron chi connectivity index (χ0n) is 16.4. The molecule has 6 nitrogen and oxygen atoms in total. The molecular formula is C21H28ClN3O3S. The predicted molar refractivity (Wildman–Crippen MR) is 117 cm³/mol. The van der Waals surface area contributed by atoms with E-state index in [0.717, 1.165) is 57.9 Å². The Labute approximate surface area is 179 Å². The van der Waals surface area contributed by atoms with Gasteiger partial charge in [0.15, 0.2) is 0 Å². The molecule has 0 bridgehead atoms. The number of hydrogen-bond donors (Lipinski definition) is 1. The average Bonchev–Trinajstić information content (AvgIpc) is 2.72. The monoisotopic (exact) mass is 437 g/mol. The van der Waals surface area contributed by atoms with Gasteiger partial charge in [-0.25, -0.2) is 13.6 Å². The van der Waals surface area contributed by atoms with Crippen molar-refractivity contribution in [2.24, 2.45) is 5.14 Å². The minimum Gasteiger partial charge on any atom is -0.373 e. The van der Waals surface area contributed by atoms with Crippen molar-refractivity contribution in [3.05, 3.63) is 59.7 Å². The van der Waals surface area contributed by atoms with Gasteiger partial charge in [-0.1, -0.05) is 24.3 Å². The first kappa shape index (κ1) is 22.1. The van der Waals surface area contributed by atoms with E-state index in [2.05, 4.69) is 34.1 Å². The van der Waals surface area contributed by atoms with Gasteiger partial charge in [-0.05, 0) is 48.2 Å². The number of anilines is 1. The van der Waals surface area contributed by atoms with Gasteiger partial charge in [-0.2, -0.15) is 0 Å². The topological polar surface area (TPSA) is 75.9 Å². The number of nitrogens with zero attached hydrogens (tertiary/aromatic N) is 2. The Bertz CT molecular complexity index is 913. The molecule has 1 unspecified atom stereocenters. The number of primary sulfonamides is 1. The third-order valence-corrected chi connectivity index (χ3v) is 6.63. The predicted octanol–water partition coefficient (Wildman–Crippen LogP) is 2.58. The summed E-state index contributed by atoms with van der Waals surface area (Å²) in [4.78, 5) is 4.92. The molecule has 2 N–H and O–H groups in total. The van der Waals surface area contributed by atoms with Crippen LogP contribution in [0.1, 0.15) is 23.7 Å². The van der Waals surface area contributed by atoms with E-state index in [4.69, 9.17) is 9.88 Å². The van der Waals surface area contributed by atoms with E-state index in [1.807, 2.05) is 12.1 Å². The molecule has 8 heteroatoms. The smallest absolute Gasteiger partial charge is 0.238 e. The van der Waals surface area contributed by atoms with Crippen LogP contribution in [0.3, 0.4) is 0 Å². The largest absolute Gasteiger partial charge is 0.373 e. The summed E-state index contributed by atoms with van der Waals surface area (Å²) in [7, 11) is -3.64. The fraction of sp³-hybridized carbons (Fsp3) is 0.429. The molecule has 0 aromatic heterocycles. The number of piperazine rings is 1. The zero-order valence-corrected chi connectivity index (χ0v) is 18.0. The van der Waals surface area contributed by atoms with Crippen LogP contribution in [-0.4, -0.2) is 52.6 Å². The summed E-state index contributed by atoms with van der Waals surface area (Å²) < 4.78 is 28.8. The molecule has 0 spiro atoms. The normalized spacial score (nSPS) is 20.0. The van der Waals surface area contributed by atoms with Crippen molar-refractivity contribution in [1.29, 1.82) is 0 Å². The number of sulfonamides is 1. The van der Waals surface area contributed by atoms with Gasteiger partial charge >= 0.3 is 0 Å². The summed E-state index contributed by atoms with van der Waals surface area (Å²) in [6.45, 7) is 5.67. The van der Waals surface area contributed by atoms with Crippen LogP contribution in [0.5, 0.6) is 0 Å². The third-order valence-electron chi connectivity index (χ3n) is 5.70. The van der Waals surface area contributed by atoms with E-state index in [0.29, 0.717) is 0 Å².